The smallest absolute Gasteiger partial charge is 0.276 e. The van der Waals surface area contributed by atoms with Crippen LogP contribution in [-0.2, 0) is 9.59 Å². The number of carbonyl (C=O) groups excluding carboxylic acids is 2. The molecule has 0 bridgehead atoms. The molecule has 8 nitrogen and oxygen atoms in total. The molecule has 0 aliphatic heterocycles. The second kappa shape index (κ2) is 10.8. The third-order valence-corrected chi connectivity index (χ3v) is 4.27. The van der Waals surface area contributed by atoms with Crippen LogP contribution in [0.2, 0.25) is 0 Å². The lowest BCUT2D eigenvalue weighted by atomic mass is 10.0. The molecular weight excluding hydrogens is 408 g/mol. The van der Waals surface area contributed by atoms with Gasteiger partial charge in [0.2, 0.25) is 0 Å². The molecule has 0 saturated carbocycles. The molecule has 0 aliphatic carbocycles. The summed E-state index contributed by atoms with van der Waals surface area (Å²) in [6.07, 6.45) is 0. The van der Waals surface area contributed by atoms with Gasteiger partial charge in [-0.1, -0.05) is 24.3 Å². The number of carbonyl (C=O) groups is 2. The van der Waals surface area contributed by atoms with Gasteiger partial charge >= 0.3 is 0 Å². The Balaban J connectivity index is 1.39. The lowest BCUT2D eigenvalue weighted by Crippen LogP contribution is -2.45. The highest BCUT2D eigenvalue weighted by atomic mass is 16.5. The molecule has 0 aromatic heterocycles. The van der Waals surface area contributed by atoms with Crippen molar-refractivity contribution in [2.45, 2.75) is 0 Å². The van der Waals surface area contributed by atoms with Crippen LogP contribution in [0.1, 0.15) is 11.1 Å². The Bertz CT molecular complexity index is 1160. The zero-order valence-corrected chi connectivity index (χ0v) is 16.9. The van der Waals surface area contributed by atoms with E-state index in [4.69, 9.17) is 20.0 Å². The first-order valence-corrected chi connectivity index (χ1v) is 9.51. The molecule has 0 fully saturated rings. The van der Waals surface area contributed by atoms with Gasteiger partial charge in [-0.3, -0.25) is 20.4 Å². The van der Waals surface area contributed by atoms with Crippen LogP contribution in [0.3, 0.4) is 0 Å². The molecule has 3 aromatic carbocycles. The molecule has 0 spiro atoms. The van der Waals surface area contributed by atoms with Crippen molar-refractivity contribution in [2.75, 3.05) is 13.2 Å². The molecular formula is C24H18N4O4. The third-order valence-electron chi connectivity index (χ3n) is 4.27. The minimum absolute atomic E-state index is 0.285. The van der Waals surface area contributed by atoms with Gasteiger partial charge in [-0.25, -0.2) is 0 Å². The lowest BCUT2D eigenvalue weighted by Gasteiger charge is -2.10. The van der Waals surface area contributed by atoms with E-state index >= 15 is 0 Å². The molecule has 158 valence electrons. The fourth-order valence-corrected chi connectivity index (χ4v) is 2.62. The van der Waals surface area contributed by atoms with Gasteiger partial charge in [-0.05, 0) is 59.7 Å². The van der Waals surface area contributed by atoms with Crippen molar-refractivity contribution in [3.63, 3.8) is 0 Å². The Hall–Kier alpha value is -4.82. The zero-order chi connectivity index (χ0) is 22.8. The summed E-state index contributed by atoms with van der Waals surface area (Å²) < 4.78 is 10.7. The van der Waals surface area contributed by atoms with Gasteiger partial charge in [0.25, 0.3) is 11.8 Å². The summed E-state index contributed by atoms with van der Waals surface area (Å²) in [4.78, 5) is 23.6. The fourth-order valence-electron chi connectivity index (χ4n) is 2.62. The molecule has 2 amide bonds. The summed E-state index contributed by atoms with van der Waals surface area (Å²) in [5.74, 6) is -0.159. The van der Waals surface area contributed by atoms with Crippen LogP contribution in [0.5, 0.6) is 11.5 Å². The van der Waals surface area contributed by atoms with Crippen LogP contribution in [0.4, 0.5) is 0 Å². The van der Waals surface area contributed by atoms with E-state index < -0.39 is 11.8 Å². The van der Waals surface area contributed by atoms with Crippen LogP contribution < -0.4 is 20.3 Å². The number of nitrogens with one attached hydrogen (secondary N) is 2. The minimum Gasteiger partial charge on any atom is -0.484 e. The van der Waals surface area contributed by atoms with Crippen molar-refractivity contribution in [1.29, 1.82) is 10.5 Å². The van der Waals surface area contributed by atoms with E-state index in [1.807, 2.05) is 30.3 Å². The van der Waals surface area contributed by atoms with Crippen LogP contribution >= 0.6 is 0 Å². The zero-order valence-electron chi connectivity index (χ0n) is 16.9. The number of hydrazine groups is 1. The predicted molar refractivity (Wildman–Crippen MR) is 115 cm³/mol. The number of hydrogen-bond donors (Lipinski definition) is 2. The van der Waals surface area contributed by atoms with Crippen molar-refractivity contribution in [2.24, 2.45) is 0 Å². The van der Waals surface area contributed by atoms with Gasteiger partial charge in [-0.2, -0.15) is 10.5 Å². The standard InChI is InChI=1S/C24H18N4O4/c25-13-17-1-5-19(6-2-17)20-7-11-22(12-8-20)32-16-24(30)28-27-23(29)15-31-21-9-3-18(14-26)4-10-21/h1-12H,15-16H2,(H,27,29)(H,28,30). The highest BCUT2D eigenvalue weighted by molar-refractivity contribution is 5.83. The number of nitrogens with zero attached hydrogens (tertiary/aromatic N) is 2. The molecule has 8 heteroatoms. The average molecular weight is 426 g/mol. The average Bonchev–Trinajstić information content (AvgIpc) is 2.85. The highest BCUT2D eigenvalue weighted by Gasteiger charge is 2.07. The largest absolute Gasteiger partial charge is 0.484 e. The van der Waals surface area contributed by atoms with Gasteiger partial charge in [0.1, 0.15) is 11.5 Å². The van der Waals surface area contributed by atoms with Crippen LogP contribution in [-0.4, -0.2) is 25.0 Å². The first kappa shape index (κ1) is 21.9. The quantitative estimate of drug-likeness (QED) is 0.560. The Labute approximate surface area is 184 Å². The van der Waals surface area contributed by atoms with Gasteiger partial charge in [0.05, 0.1) is 23.3 Å². The first-order chi connectivity index (χ1) is 15.6. The SMILES string of the molecule is N#Cc1ccc(OCC(=O)NNC(=O)COc2ccc(-c3ccc(C#N)cc3)cc2)cc1. The lowest BCUT2D eigenvalue weighted by molar-refractivity contribution is -0.131. The monoisotopic (exact) mass is 426 g/mol. The highest BCUT2D eigenvalue weighted by Crippen LogP contribution is 2.22. The fraction of sp³-hybridized carbons (Fsp3) is 0.0833. The maximum absolute atomic E-state index is 11.9. The molecule has 0 heterocycles. The van der Waals surface area contributed by atoms with Gasteiger partial charge in [0.15, 0.2) is 13.2 Å². The van der Waals surface area contributed by atoms with E-state index in [0.717, 1.165) is 11.1 Å². The predicted octanol–water partition coefficient (Wildman–Crippen LogP) is 2.70. The second-order valence-electron chi connectivity index (χ2n) is 6.52. The van der Waals surface area contributed by atoms with E-state index in [1.165, 1.54) is 0 Å². The second-order valence-corrected chi connectivity index (χ2v) is 6.52. The van der Waals surface area contributed by atoms with Crippen LogP contribution in [0, 0.1) is 22.7 Å². The topological polar surface area (TPSA) is 124 Å². The Morgan fingerprint density at radius 2 is 0.969 bits per heavy atom. The summed E-state index contributed by atoms with van der Waals surface area (Å²) in [5.41, 5.74) is 7.45. The van der Waals surface area contributed by atoms with Gasteiger partial charge < -0.3 is 9.47 Å². The van der Waals surface area contributed by atoms with Crippen molar-refractivity contribution >= 4 is 11.8 Å². The molecule has 0 radical (unpaired) electrons. The molecule has 3 aromatic rings. The summed E-state index contributed by atoms with van der Waals surface area (Å²) >= 11 is 0. The molecule has 0 aliphatic rings. The normalized spacial score (nSPS) is 9.69. The third kappa shape index (κ3) is 6.34. The van der Waals surface area contributed by atoms with Crippen LogP contribution in [0.15, 0.2) is 72.8 Å². The maximum Gasteiger partial charge on any atom is 0.276 e. The van der Waals surface area contributed by atoms with Gasteiger partial charge in [-0.15, -0.1) is 0 Å². The number of hydrogen-bond acceptors (Lipinski definition) is 6. The maximum atomic E-state index is 11.9. The Morgan fingerprint density at radius 3 is 1.38 bits per heavy atom. The van der Waals surface area contributed by atoms with E-state index in [9.17, 15) is 9.59 Å². The summed E-state index contributed by atoms with van der Waals surface area (Å²) in [7, 11) is 0. The molecule has 3 rings (SSSR count). The van der Waals surface area contributed by atoms with Crippen molar-refractivity contribution < 1.29 is 19.1 Å². The van der Waals surface area contributed by atoms with E-state index in [-0.39, 0.29) is 13.2 Å². The molecule has 0 unspecified atom stereocenters. The molecule has 32 heavy (non-hydrogen) atoms. The molecule has 2 N–H and O–H groups in total. The van der Waals surface area contributed by atoms with E-state index in [0.29, 0.717) is 22.6 Å². The number of amides is 2. The van der Waals surface area contributed by atoms with Crippen LogP contribution in [0.25, 0.3) is 11.1 Å². The minimum atomic E-state index is -0.547. The summed E-state index contributed by atoms with van der Waals surface area (Å²) in [5, 5.41) is 17.6. The summed E-state index contributed by atoms with van der Waals surface area (Å²) in [6, 6.07) is 24.7. The van der Waals surface area contributed by atoms with Crippen molar-refractivity contribution in [1.82, 2.24) is 10.9 Å². The molecule has 0 atom stereocenters. The van der Waals surface area contributed by atoms with E-state index in [2.05, 4.69) is 16.9 Å². The summed E-state index contributed by atoms with van der Waals surface area (Å²) in [6.45, 7) is -0.586. The number of ether oxygens (including phenoxy) is 2. The van der Waals surface area contributed by atoms with E-state index in [1.54, 1.807) is 48.5 Å². The number of rotatable bonds is 7. The van der Waals surface area contributed by atoms with Crippen molar-refractivity contribution in [3.05, 3.63) is 83.9 Å². The molecule has 0 saturated heterocycles. The van der Waals surface area contributed by atoms with Gasteiger partial charge in [0, 0.05) is 0 Å². The Morgan fingerprint density at radius 1 is 0.625 bits per heavy atom. The first-order valence-electron chi connectivity index (χ1n) is 9.51. The number of benzene rings is 3. The number of nitriles is 2. The van der Waals surface area contributed by atoms with Crippen molar-refractivity contribution in [3.8, 4) is 34.8 Å². The Kier molecular flexibility index (Phi) is 7.39.